The Morgan fingerprint density at radius 2 is 2.20 bits per heavy atom. The third kappa shape index (κ3) is 5.63. The first kappa shape index (κ1) is 17.2. The molecule has 1 atom stereocenters. The molecule has 0 saturated carbocycles. The molecule has 1 heterocycles. The van der Waals surface area contributed by atoms with Crippen molar-refractivity contribution in [1.29, 1.82) is 0 Å². The molecule has 0 aliphatic heterocycles. The van der Waals surface area contributed by atoms with Crippen LogP contribution in [-0.4, -0.2) is 36.6 Å². The van der Waals surface area contributed by atoms with Crippen LogP contribution in [0.1, 0.15) is 45.2 Å². The van der Waals surface area contributed by atoms with Crippen molar-refractivity contribution in [2.24, 2.45) is 12.5 Å². The van der Waals surface area contributed by atoms with Gasteiger partial charge in [0.1, 0.15) is 0 Å². The van der Waals surface area contributed by atoms with Crippen molar-refractivity contribution in [3.63, 3.8) is 0 Å². The van der Waals surface area contributed by atoms with Gasteiger partial charge in [-0.05, 0) is 30.7 Å². The lowest BCUT2D eigenvalue weighted by Gasteiger charge is -2.33. The average molecular weight is 281 g/mol. The number of ether oxygens (including phenoxy) is 1. The summed E-state index contributed by atoms with van der Waals surface area (Å²) >= 11 is 0. The molecule has 0 aliphatic rings. The van der Waals surface area contributed by atoms with Crippen molar-refractivity contribution in [1.82, 2.24) is 15.1 Å². The van der Waals surface area contributed by atoms with E-state index in [1.807, 2.05) is 17.9 Å². The maximum atomic E-state index is 5.11. The molecule has 0 spiro atoms. The second-order valence-corrected chi connectivity index (χ2v) is 5.78. The van der Waals surface area contributed by atoms with E-state index in [4.69, 9.17) is 4.74 Å². The molecule has 0 bridgehead atoms. The highest BCUT2D eigenvalue weighted by Gasteiger charge is 2.28. The second-order valence-electron chi connectivity index (χ2n) is 5.78. The number of methoxy groups -OCH3 is 1. The average Bonchev–Trinajstić information content (AvgIpc) is 2.86. The van der Waals surface area contributed by atoms with Crippen LogP contribution in [0.4, 0.5) is 0 Å². The van der Waals surface area contributed by atoms with Crippen LogP contribution in [0.3, 0.4) is 0 Å². The van der Waals surface area contributed by atoms with Crippen molar-refractivity contribution in [2.75, 3.05) is 26.8 Å². The van der Waals surface area contributed by atoms with Crippen LogP contribution >= 0.6 is 0 Å². The van der Waals surface area contributed by atoms with Crippen LogP contribution < -0.4 is 5.32 Å². The number of hydrogen-bond acceptors (Lipinski definition) is 3. The number of hydrogen-bond donors (Lipinski definition) is 1. The first-order valence-corrected chi connectivity index (χ1v) is 7.84. The van der Waals surface area contributed by atoms with E-state index in [1.54, 1.807) is 7.11 Å². The van der Waals surface area contributed by atoms with Gasteiger partial charge in [-0.2, -0.15) is 5.10 Å². The highest BCUT2D eigenvalue weighted by molar-refractivity contribution is 5.03. The standard InChI is InChI=1S/C16H31N3O/c1-5-7-9-16(6-2,14-17-10-12-20-4)13-15-8-11-19(3)18-15/h8,11,17H,5-7,9-10,12-14H2,1-4H3. The van der Waals surface area contributed by atoms with Gasteiger partial charge in [0.25, 0.3) is 0 Å². The summed E-state index contributed by atoms with van der Waals surface area (Å²) in [5, 5.41) is 8.11. The van der Waals surface area contributed by atoms with Crippen LogP contribution in [0.5, 0.6) is 0 Å². The monoisotopic (exact) mass is 281 g/mol. The summed E-state index contributed by atoms with van der Waals surface area (Å²) in [7, 11) is 3.74. The molecule has 0 saturated heterocycles. The molecule has 0 aromatic carbocycles. The largest absolute Gasteiger partial charge is 0.383 e. The van der Waals surface area contributed by atoms with Gasteiger partial charge in [0, 0.05) is 33.4 Å². The van der Waals surface area contributed by atoms with Gasteiger partial charge in [-0.25, -0.2) is 0 Å². The van der Waals surface area contributed by atoms with Crippen molar-refractivity contribution in [3.8, 4) is 0 Å². The fourth-order valence-electron chi connectivity index (χ4n) is 2.69. The molecule has 1 aromatic rings. The minimum atomic E-state index is 0.318. The number of rotatable bonds is 11. The molecule has 0 fully saturated rings. The third-order valence-electron chi connectivity index (χ3n) is 4.12. The number of aromatic nitrogens is 2. The van der Waals surface area contributed by atoms with Gasteiger partial charge >= 0.3 is 0 Å². The highest BCUT2D eigenvalue weighted by atomic mass is 16.5. The van der Waals surface area contributed by atoms with E-state index in [0.717, 1.165) is 26.1 Å². The number of aryl methyl sites for hydroxylation is 1. The van der Waals surface area contributed by atoms with Crippen LogP contribution in [0.15, 0.2) is 12.3 Å². The maximum absolute atomic E-state index is 5.11. The normalized spacial score (nSPS) is 14.4. The quantitative estimate of drug-likeness (QED) is 0.634. The fraction of sp³-hybridized carbons (Fsp3) is 0.812. The molecule has 116 valence electrons. The lowest BCUT2D eigenvalue weighted by Crippen LogP contribution is -2.37. The zero-order chi connectivity index (χ0) is 14.8. The Balaban J connectivity index is 2.64. The summed E-state index contributed by atoms with van der Waals surface area (Å²) in [6.45, 7) is 7.31. The summed E-state index contributed by atoms with van der Waals surface area (Å²) in [6, 6.07) is 2.14. The van der Waals surface area contributed by atoms with Crippen molar-refractivity contribution >= 4 is 0 Å². The Labute approximate surface area is 123 Å². The van der Waals surface area contributed by atoms with E-state index in [0.29, 0.717) is 5.41 Å². The SMILES string of the molecule is CCCCC(CC)(CNCCOC)Cc1ccn(C)n1. The molecule has 4 nitrogen and oxygen atoms in total. The van der Waals surface area contributed by atoms with Gasteiger partial charge in [-0.1, -0.05) is 26.7 Å². The van der Waals surface area contributed by atoms with E-state index in [1.165, 1.54) is 31.4 Å². The molecule has 1 unspecified atom stereocenters. The first-order chi connectivity index (χ1) is 9.65. The number of nitrogens with one attached hydrogen (secondary N) is 1. The summed E-state index contributed by atoms with van der Waals surface area (Å²) in [6.07, 6.45) is 8.08. The summed E-state index contributed by atoms with van der Waals surface area (Å²) in [4.78, 5) is 0. The Kier molecular flexibility index (Phi) is 7.85. The van der Waals surface area contributed by atoms with Crippen LogP contribution in [0.25, 0.3) is 0 Å². The Morgan fingerprint density at radius 3 is 2.75 bits per heavy atom. The first-order valence-electron chi connectivity index (χ1n) is 7.84. The van der Waals surface area contributed by atoms with E-state index in [2.05, 4.69) is 30.3 Å². The predicted octanol–water partition coefficient (Wildman–Crippen LogP) is 2.79. The predicted molar refractivity (Wildman–Crippen MR) is 83.9 cm³/mol. The van der Waals surface area contributed by atoms with E-state index in [-0.39, 0.29) is 0 Å². The third-order valence-corrected chi connectivity index (χ3v) is 4.12. The molecule has 0 amide bonds. The topological polar surface area (TPSA) is 39.1 Å². The summed E-state index contributed by atoms with van der Waals surface area (Å²) in [5.74, 6) is 0. The molecule has 1 N–H and O–H groups in total. The molecule has 20 heavy (non-hydrogen) atoms. The van der Waals surface area contributed by atoms with E-state index >= 15 is 0 Å². The molecular weight excluding hydrogens is 250 g/mol. The molecule has 4 heteroatoms. The van der Waals surface area contributed by atoms with Crippen molar-refractivity contribution in [2.45, 2.75) is 46.0 Å². The molecule has 0 aliphatic carbocycles. The summed E-state index contributed by atoms with van der Waals surface area (Å²) < 4.78 is 7.01. The van der Waals surface area contributed by atoms with Crippen LogP contribution in [0, 0.1) is 5.41 Å². The lowest BCUT2D eigenvalue weighted by atomic mass is 9.76. The highest BCUT2D eigenvalue weighted by Crippen LogP contribution is 2.32. The van der Waals surface area contributed by atoms with Gasteiger partial charge in [0.2, 0.25) is 0 Å². The smallest absolute Gasteiger partial charge is 0.0630 e. The lowest BCUT2D eigenvalue weighted by molar-refractivity contribution is 0.181. The number of nitrogens with zero attached hydrogens (tertiary/aromatic N) is 2. The maximum Gasteiger partial charge on any atom is 0.0630 e. The number of unbranched alkanes of at least 4 members (excludes halogenated alkanes) is 1. The van der Waals surface area contributed by atoms with Gasteiger partial charge < -0.3 is 10.1 Å². The van der Waals surface area contributed by atoms with E-state index < -0.39 is 0 Å². The Bertz CT molecular complexity index is 364. The fourth-order valence-corrected chi connectivity index (χ4v) is 2.69. The Morgan fingerprint density at radius 1 is 1.40 bits per heavy atom. The second kappa shape index (κ2) is 9.14. The zero-order valence-corrected chi connectivity index (χ0v) is 13.6. The van der Waals surface area contributed by atoms with Gasteiger partial charge in [0.15, 0.2) is 0 Å². The van der Waals surface area contributed by atoms with Gasteiger partial charge in [-0.15, -0.1) is 0 Å². The molecule has 1 rings (SSSR count). The summed E-state index contributed by atoms with van der Waals surface area (Å²) in [5.41, 5.74) is 1.52. The van der Waals surface area contributed by atoms with E-state index in [9.17, 15) is 0 Å². The van der Waals surface area contributed by atoms with Gasteiger partial charge in [0.05, 0.1) is 12.3 Å². The zero-order valence-electron chi connectivity index (χ0n) is 13.6. The molecule has 0 radical (unpaired) electrons. The van der Waals surface area contributed by atoms with Crippen LogP contribution in [0.2, 0.25) is 0 Å². The Hall–Kier alpha value is -0.870. The van der Waals surface area contributed by atoms with Crippen molar-refractivity contribution < 1.29 is 4.74 Å². The minimum Gasteiger partial charge on any atom is -0.383 e. The van der Waals surface area contributed by atoms with Crippen molar-refractivity contribution in [3.05, 3.63) is 18.0 Å². The van der Waals surface area contributed by atoms with Gasteiger partial charge in [-0.3, -0.25) is 4.68 Å². The minimum absolute atomic E-state index is 0.318. The van der Waals surface area contributed by atoms with Crippen LogP contribution in [-0.2, 0) is 18.2 Å². The molecular formula is C16H31N3O. The molecule has 1 aromatic heterocycles.